The number of hydrogen-bond donors (Lipinski definition) is 1. The molecule has 1 aliphatic heterocycles. The average molecular weight is 341 g/mol. The number of carboxylic acids is 1. The van der Waals surface area contributed by atoms with E-state index in [9.17, 15) is 18.0 Å². The average Bonchev–Trinajstić information content (AvgIpc) is 2.87. The summed E-state index contributed by atoms with van der Waals surface area (Å²) in [5.41, 5.74) is 0.242. The zero-order valence-electron chi connectivity index (χ0n) is 12.8. The van der Waals surface area contributed by atoms with Crippen LogP contribution in [0.3, 0.4) is 0 Å². The number of carbonyl (C=O) groups is 2. The van der Waals surface area contributed by atoms with Gasteiger partial charge in [0.1, 0.15) is 0 Å². The van der Waals surface area contributed by atoms with Gasteiger partial charge in [-0.1, -0.05) is 6.07 Å². The number of methoxy groups -OCH3 is 1. The van der Waals surface area contributed by atoms with Gasteiger partial charge in [0.15, 0.2) is 9.84 Å². The molecular weight excluding hydrogens is 322 g/mol. The molecule has 1 aliphatic rings. The molecule has 1 N–H and O–H groups in total. The maximum atomic E-state index is 12.7. The molecule has 0 radical (unpaired) electrons. The number of aromatic carboxylic acids is 1. The highest BCUT2D eigenvalue weighted by Crippen LogP contribution is 2.20. The van der Waals surface area contributed by atoms with E-state index < -0.39 is 21.8 Å². The number of rotatable bonds is 6. The quantitative estimate of drug-likeness (QED) is 0.816. The largest absolute Gasteiger partial charge is 0.478 e. The van der Waals surface area contributed by atoms with Crippen LogP contribution in [0.1, 0.15) is 27.1 Å². The van der Waals surface area contributed by atoms with Crippen LogP contribution in [0.2, 0.25) is 0 Å². The second-order valence-corrected chi connectivity index (χ2v) is 7.66. The molecule has 1 heterocycles. The summed E-state index contributed by atoms with van der Waals surface area (Å²) in [7, 11) is -1.63. The van der Waals surface area contributed by atoms with Crippen LogP contribution in [0.15, 0.2) is 24.3 Å². The van der Waals surface area contributed by atoms with Gasteiger partial charge in [0.2, 0.25) is 0 Å². The fourth-order valence-electron chi connectivity index (χ4n) is 2.61. The molecular formula is C15H19NO6S. The lowest BCUT2D eigenvalue weighted by atomic mass is 10.1. The molecule has 0 bridgehead atoms. The molecule has 1 unspecified atom stereocenters. The van der Waals surface area contributed by atoms with Gasteiger partial charge in [0.05, 0.1) is 23.7 Å². The van der Waals surface area contributed by atoms with Crippen molar-refractivity contribution in [3.8, 4) is 0 Å². The number of nitrogens with zero attached hydrogens (tertiary/aromatic N) is 1. The van der Waals surface area contributed by atoms with Crippen molar-refractivity contribution in [1.82, 2.24) is 4.90 Å². The first-order chi connectivity index (χ1) is 10.8. The third-order valence-corrected chi connectivity index (χ3v) is 5.55. The van der Waals surface area contributed by atoms with E-state index in [1.807, 2.05) is 0 Å². The van der Waals surface area contributed by atoms with E-state index in [0.29, 0.717) is 6.42 Å². The molecule has 8 heteroatoms. The van der Waals surface area contributed by atoms with Gasteiger partial charge in [-0.2, -0.15) is 0 Å². The highest BCUT2D eigenvalue weighted by atomic mass is 32.2. The Hall–Kier alpha value is -1.93. The minimum absolute atomic E-state index is 0.0154. The molecule has 0 saturated carbocycles. The van der Waals surface area contributed by atoms with Crippen molar-refractivity contribution in [1.29, 1.82) is 0 Å². The topological polar surface area (TPSA) is 101 Å². The summed E-state index contributed by atoms with van der Waals surface area (Å²) in [6.07, 6.45) is 0.385. The van der Waals surface area contributed by atoms with E-state index in [1.54, 1.807) is 0 Å². The van der Waals surface area contributed by atoms with Crippen LogP contribution in [0, 0.1) is 0 Å². The number of hydrogen-bond acceptors (Lipinski definition) is 5. The van der Waals surface area contributed by atoms with Gasteiger partial charge in [-0.05, 0) is 24.6 Å². The summed E-state index contributed by atoms with van der Waals surface area (Å²) in [6, 6.07) is 5.32. The first-order valence-corrected chi connectivity index (χ1v) is 9.00. The summed E-state index contributed by atoms with van der Waals surface area (Å²) in [4.78, 5) is 25.2. The fourth-order valence-corrected chi connectivity index (χ4v) is 4.34. The monoisotopic (exact) mass is 341 g/mol. The Bertz CT molecular complexity index is 700. The Morgan fingerprint density at radius 1 is 1.35 bits per heavy atom. The zero-order chi connectivity index (χ0) is 17.0. The van der Waals surface area contributed by atoms with E-state index in [2.05, 4.69) is 0 Å². The highest BCUT2D eigenvalue weighted by molar-refractivity contribution is 7.91. The van der Waals surface area contributed by atoms with Crippen molar-refractivity contribution in [2.24, 2.45) is 0 Å². The van der Waals surface area contributed by atoms with E-state index in [0.717, 1.165) is 0 Å². The Morgan fingerprint density at radius 3 is 2.61 bits per heavy atom. The van der Waals surface area contributed by atoms with Crippen molar-refractivity contribution in [3.63, 3.8) is 0 Å². The number of amides is 1. The van der Waals surface area contributed by atoms with Crippen molar-refractivity contribution in [2.75, 3.05) is 31.8 Å². The van der Waals surface area contributed by atoms with Crippen molar-refractivity contribution in [2.45, 2.75) is 12.5 Å². The molecule has 2 rings (SSSR count). The smallest absolute Gasteiger partial charge is 0.335 e. The van der Waals surface area contributed by atoms with Crippen LogP contribution < -0.4 is 0 Å². The summed E-state index contributed by atoms with van der Waals surface area (Å²) >= 11 is 0. The molecule has 7 nitrogen and oxygen atoms in total. The van der Waals surface area contributed by atoms with E-state index in [1.165, 1.54) is 36.3 Å². The van der Waals surface area contributed by atoms with Gasteiger partial charge in [0.25, 0.3) is 5.91 Å². The summed E-state index contributed by atoms with van der Waals surface area (Å²) in [5, 5.41) is 9.03. The fraction of sp³-hybridized carbons (Fsp3) is 0.467. The van der Waals surface area contributed by atoms with Crippen LogP contribution in [0.5, 0.6) is 0 Å². The SMILES string of the molecule is COCCN(C(=O)c1cccc(C(=O)O)c1)C1CCS(=O)(=O)C1. The number of ether oxygens (including phenoxy) is 1. The standard InChI is InChI=1S/C15H19NO6S/c1-22-7-6-16(13-5-8-23(20,21)10-13)14(17)11-3-2-4-12(9-11)15(18)19/h2-4,9,13H,5-8,10H2,1H3,(H,18,19). The lowest BCUT2D eigenvalue weighted by Crippen LogP contribution is -2.43. The first-order valence-electron chi connectivity index (χ1n) is 7.18. The Morgan fingerprint density at radius 2 is 2.04 bits per heavy atom. The summed E-state index contributed by atoms with van der Waals surface area (Å²) in [5.74, 6) is -1.51. The molecule has 0 aliphatic carbocycles. The second kappa shape index (κ2) is 7.10. The number of benzene rings is 1. The maximum absolute atomic E-state index is 12.7. The first kappa shape index (κ1) is 17.4. The van der Waals surface area contributed by atoms with E-state index >= 15 is 0 Å². The van der Waals surface area contributed by atoms with Gasteiger partial charge in [-0.25, -0.2) is 13.2 Å². The third kappa shape index (κ3) is 4.29. The number of carboxylic acid groups (broad SMARTS) is 1. The van der Waals surface area contributed by atoms with Gasteiger partial charge in [-0.15, -0.1) is 0 Å². The van der Waals surface area contributed by atoms with Crippen LogP contribution in [-0.2, 0) is 14.6 Å². The van der Waals surface area contributed by atoms with Gasteiger partial charge in [-0.3, -0.25) is 4.79 Å². The van der Waals surface area contributed by atoms with Gasteiger partial charge >= 0.3 is 5.97 Å². The minimum atomic E-state index is -3.13. The summed E-state index contributed by atoms with van der Waals surface area (Å²) < 4.78 is 28.3. The third-order valence-electron chi connectivity index (χ3n) is 3.80. The van der Waals surface area contributed by atoms with Crippen LogP contribution in [0.25, 0.3) is 0 Å². The molecule has 1 atom stereocenters. The predicted octanol–water partition coefficient (Wildman–Crippen LogP) is 0.660. The summed E-state index contributed by atoms with van der Waals surface area (Å²) in [6.45, 7) is 0.535. The van der Waals surface area contributed by atoms with Crippen molar-refractivity contribution >= 4 is 21.7 Å². The lowest BCUT2D eigenvalue weighted by Gasteiger charge is -2.28. The van der Waals surface area contributed by atoms with E-state index in [-0.39, 0.29) is 41.7 Å². The van der Waals surface area contributed by atoms with Crippen LogP contribution >= 0.6 is 0 Å². The Kier molecular flexibility index (Phi) is 5.38. The molecule has 1 fully saturated rings. The Balaban J connectivity index is 2.26. The molecule has 126 valence electrons. The second-order valence-electron chi connectivity index (χ2n) is 5.43. The van der Waals surface area contributed by atoms with E-state index in [4.69, 9.17) is 9.84 Å². The minimum Gasteiger partial charge on any atom is -0.478 e. The molecule has 1 amide bonds. The Labute approximate surface area is 134 Å². The van der Waals surface area contributed by atoms with Crippen molar-refractivity contribution < 1.29 is 27.9 Å². The molecule has 1 saturated heterocycles. The van der Waals surface area contributed by atoms with Crippen LogP contribution in [0.4, 0.5) is 0 Å². The van der Waals surface area contributed by atoms with Crippen molar-refractivity contribution in [3.05, 3.63) is 35.4 Å². The molecule has 0 aromatic heterocycles. The number of carbonyl (C=O) groups excluding carboxylic acids is 1. The molecule has 1 aromatic carbocycles. The molecule has 0 spiro atoms. The normalized spacial score (nSPS) is 19.4. The van der Waals surface area contributed by atoms with Gasteiger partial charge < -0.3 is 14.7 Å². The zero-order valence-corrected chi connectivity index (χ0v) is 13.6. The molecule has 1 aromatic rings. The lowest BCUT2D eigenvalue weighted by molar-refractivity contribution is 0.0624. The highest BCUT2D eigenvalue weighted by Gasteiger charge is 2.34. The maximum Gasteiger partial charge on any atom is 0.335 e. The predicted molar refractivity (Wildman–Crippen MR) is 83.4 cm³/mol. The van der Waals surface area contributed by atoms with Gasteiger partial charge in [0, 0.05) is 25.3 Å². The number of sulfone groups is 1. The molecule has 23 heavy (non-hydrogen) atoms. The van der Waals surface area contributed by atoms with Crippen LogP contribution in [-0.4, -0.2) is 68.1 Å².